The Morgan fingerprint density at radius 3 is 2.15 bits per heavy atom. The van der Waals surface area contributed by atoms with E-state index in [0.29, 0.717) is 49.8 Å². The zero-order valence-corrected chi connectivity index (χ0v) is 19.4. The summed E-state index contributed by atoms with van der Waals surface area (Å²) in [6, 6.07) is 6.75. The average Bonchev–Trinajstić information content (AvgIpc) is 2.84. The Morgan fingerprint density at radius 2 is 1.64 bits per heavy atom. The molecule has 1 fully saturated rings. The molecule has 2 aromatic rings. The molecule has 0 unspecified atom stereocenters. The van der Waals surface area contributed by atoms with E-state index in [9.17, 15) is 14.7 Å². The Hall–Kier alpha value is -3.69. The number of amides is 2. The van der Waals surface area contributed by atoms with Crippen LogP contribution in [-0.2, 0) is 6.42 Å². The normalized spacial score (nSPS) is 13.5. The van der Waals surface area contributed by atoms with Crippen LogP contribution in [0.4, 0.5) is 16.2 Å². The standard InChI is InChI=1S/C23H30N4O6/c1-5-6-19-18(22(28)29)14-20(21(24-19)33-4)25-23(30)27-9-7-26(8-10-27)15-11-16(31-2)13-17(12-15)32-3/h11-14H,5-10H2,1-4H3,(H,25,30)(H,28,29). The van der Waals surface area contributed by atoms with Gasteiger partial charge in [0.1, 0.15) is 17.2 Å². The Balaban J connectivity index is 1.70. The van der Waals surface area contributed by atoms with Crippen molar-refractivity contribution in [2.45, 2.75) is 19.8 Å². The number of carbonyl (C=O) groups is 2. The van der Waals surface area contributed by atoms with Crippen molar-refractivity contribution in [3.63, 3.8) is 0 Å². The fourth-order valence-electron chi connectivity index (χ4n) is 3.73. The summed E-state index contributed by atoms with van der Waals surface area (Å²) in [7, 11) is 4.65. The van der Waals surface area contributed by atoms with E-state index in [-0.39, 0.29) is 23.2 Å². The highest BCUT2D eigenvalue weighted by Gasteiger charge is 2.24. The lowest BCUT2D eigenvalue weighted by Gasteiger charge is -2.36. The summed E-state index contributed by atoms with van der Waals surface area (Å²) in [6.45, 7) is 4.15. The van der Waals surface area contributed by atoms with Crippen LogP contribution in [0.5, 0.6) is 17.4 Å². The SMILES string of the molecule is CCCc1nc(OC)c(NC(=O)N2CCN(c3cc(OC)cc(OC)c3)CC2)cc1C(=O)O. The molecule has 0 radical (unpaired) electrons. The van der Waals surface area contributed by atoms with Gasteiger partial charge in [0.2, 0.25) is 5.88 Å². The average molecular weight is 459 g/mol. The maximum Gasteiger partial charge on any atom is 0.337 e. The van der Waals surface area contributed by atoms with Crippen LogP contribution in [-0.4, -0.2) is 74.5 Å². The number of methoxy groups -OCH3 is 3. The van der Waals surface area contributed by atoms with Crippen molar-refractivity contribution in [3.8, 4) is 17.4 Å². The number of benzene rings is 1. The molecule has 0 bridgehead atoms. The number of aromatic nitrogens is 1. The molecule has 10 heteroatoms. The number of nitrogens with zero attached hydrogens (tertiary/aromatic N) is 3. The van der Waals surface area contributed by atoms with Crippen molar-refractivity contribution < 1.29 is 28.9 Å². The van der Waals surface area contributed by atoms with Gasteiger partial charge >= 0.3 is 12.0 Å². The van der Waals surface area contributed by atoms with Crippen molar-refractivity contribution in [1.29, 1.82) is 0 Å². The van der Waals surface area contributed by atoms with Crippen molar-refractivity contribution >= 4 is 23.4 Å². The molecule has 0 aliphatic carbocycles. The van der Waals surface area contributed by atoms with Gasteiger partial charge < -0.3 is 34.4 Å². The van der Waals surface area contributed by atoms with Crippen molar-refractivity contribution in [1.82, 2.24) is 9.88 Å². The summed E-state index contributed by atoms with van der Waals surface area (Å²) in [6.07, 6.45) is 1.24. The molecule has 3 rings (SSSR count). The minimum atomic E-state index is -1.09. The number of urea groups is 1. The molecule has 33 heavy (non-hydrogen) atoms. The highest BCUT2D eigenvalue weighted by Crippen LogP contribution is 2.30. The second-order valence-corrected chi connectivity index (χ2v) is 7.57. The third-order valence-electron chi connectivity index (χ3n) is 5.49. The van der Waals surface area contributed by atoms with Gasteiger partial charge in [-0.3, -0.25) is 0 Å². The molecular formula is C23H30N4O6. The van der Waals surface area contributed by atoms with E-state index in [0.717, 1.165) is 12.1 Å². The molecule has 0 atom stereocenters. The lowest BCUT2D eigenvalue weighted by molar-refractivity contribution is 0.0695. The number of hydrogen-bond acceptors (Lipinski definition) is 7. The summed E-state index contributed by atoms with van der Waals surface area (Å²) < 4.78 is 16.0. The molecule has 178 valence electrons. The van der Waals surface area contributed by atoms with Crippen molar-refractivity contribution in [2.24, 2.45) is 0 Å². The molecule has 1 aromatic carbocycles. The zero-order chi connectivity index (χ0) is 24.0. The zero-order valence-electron chi connectivity index (χ0n) is 19.4. The number of aryl methyl sites for hydroxylation is 1. The maximum atomic E-state index is 12.9. The van der Waals surface area contributed by atoms with Gasteiger partial charge in [0.05, 0.1) is 32.6 Å². The number of carboxylic acids is 1. The van der Waals surface area contributed by atoms with E-state index in [2.05, 4.69) is 15.2 Å². The van der Waals surface area contributed by atoms with Crippen LogP contribution >= 0.6 is 0 Å². The first-order valence-electron chi connectivity index (χ1n) is 10.7. The minimum Gasteiger partial charge on any atom is -0.497 e. The summed E-state index contributed by atoms with van der Waals surface area (Å²) in [5.74, 6) is 0.500. The molecule has 2 amide bonds. The first kappa shape index (κ1) is 24.0. The van der Waals surface area contributed by atoms with E-state index in [1.54, 1.807) is 19.1 Å². The molecular weight excluding hydrogens is 428 g/mol. The predicted molar refractivity (Wildman–Crippen MR) is 124 cm³/mol. The van der Waals surface area contributed by atoms with E-state index in [1.807, 2.05) is 25.1 Å². The number of ether oxygens (including phenoxy) is 3. The number of aromatic carboxylic acids is 1. The van der Waals surface area contributed by atoms with Crippen LogP contribution in [0, 0.1) is 0 Å². The quantitative estimate of drug-likeness (QED) is 0.620. The Morgan fingerprint density at radius 1 is 1.00 bits per heavy atom. The first-order valence-corrected chi connectivity index (χ1v) is 10.7. The number of pyridine rings is 1. The van der Waals surface area contributed by atoms with Crippen LogP contribution < -0.4 is 24.4 Å². The van der Waals surface area contributed by atoms with Crippen LogP contribution in [0.15, 0.2) is 24.3 Å². The molecule has 10 nitrogen and oxygen atoms in total. The number of anilines is 2. The van der Waals surface area contributed by atoms with Gasteiger partial charge in [-0.2, -0.15) is 0 Å². The predicted octanol–water partition coefficient (Wildman–Crippen LogP) is 3.11. The van der Waals surface area contributed by atoms with Crippen LogP contribution in [0.3, 0.4) is 0 Å². The van der Waals surface area contributed by atoms with Crippen LogP contribution in [0.2, 0.25) is 0 Å². The van der Waals surface area contributed by atoms with Gasteiger partial charge in [-0.1, -0.05) is 13.3 Å². The lowest BCUT2D eigenvalue weighted by Crippen LogP contribution is -2.50. The number of hydrogen-bond donors (Lipinski definition) is 2. The van der Waals surface area contributed by atoms with Gasteiger partial charge in [-0.15, -0.1) is 0 Å². The van der Waals surface area contributed by atoms with Crippen LogP contribution in [0.1, 0.15) is 29.4 Å². The molecule has 2 heterocycles. The van der Waals surface area contributed by atoms with E-state index >= 15 is 0 Å². The summed E-state index contributed by atoms with van der Waals surface area (Å²) in [4.78, 5) is 32.7. The highest BCUT2D eigenvalue weighted by molar-refractivity contribution is 5.95. The second kappa shape index (κ2) is 10.8. The van der Waals surface area contributed by atoms with Gasteiger partial charge in [-0.05, 0) is 12.5 Å². The molecule has 1 saturated heterocycles. The molecule has 1 aliphatic heterocycles. The number of piperazine rings is 1. The Bertz CT molecular complexity index is 982. The van der Waals surface area contributed by atoms with Gasteiger partial charge in [0.15, 0.2) is 0 Å². The maximum absolute atomic E-state index is 12.9. The largest absolute Gasteiger partial charge is 0.497 e. The monoisotopic (exact) mass is 458 g/mol. The topological polar surface area (TPSA) is 113 Å². The molecule has 0 saturated carbocycles. The highest BCUT2D eigenvalue weighted by atomic mass is 16.5. The first-order chi connectivity index (χ1) is 15.9. The Labute approximate surface area is 193 Å². The molecule has 0 spiro atoms. The van der Waals surface area contributed by atoms with E-state index < -0.39 is 5.97 Å². The van der Waals surface area contributed by atoms with E-state index in [1.165, 1.54) is 13.2 Å². The number of rotatable bonds is 8. The number of nitrogens with one attached hydrogen (secondary N) is 1. The third-order valence-corrected chi connectivity index (χ3v) is 5.49. The van der Waals surface area contributed by atoms with Crippen LogP contribution in [0.25, 0.3) is 0 Å². The number of carbonyl (C=O) groups excluding carboxylic acids is 1. The minimum absolute atomic E-state index is 0.0599. The van der Waals surface area contributed by atoms with Gasteiger partial charge in [0, 0.05) is 50.1 Å². The number of carboxylic acid groups (broad SMARTS) is 1. The van der Waals surface area contributed by atoms with E-state index in [4.69, 9.17) is 14.2 Å². The van der Waals surface area contributed by atoms with Crippen molar-refractivity contribution in [2.75, 3.05) is 57.7 Å². The fraction of sp³-hybridized carbons (Fsp3) is 0.435. The smallest absolute Gasteiger partial charge is 0.337 e. The second-order valence-electron chi connectivity index (χ2n) is 7.57. The van der Waals surface area contributed by atoms with Crippen molar-refractivity contribution in [3.05, 3.63) is 35.5 Å². The summed E-state index contributed by atoms with van der Waals surface area (Å²) in [5.41, 5.74) is 1.68. The van der Waals surface area contributed by atoms with Gasteiger partial charge in [0.25, 0.3) is 0 Å². The molecule has 1 aromatic heterocycles. The third kappa shape index (κ3) is 5.57. The summed E-state index contributed by atoms with van der Waals surface area (Å²) in [5, 5.41) is 12.3. The Kier molecular flexibility index (Phi) is 7.81. The molecule has 2 N–H and O–H groups in total. The summed E-state index contributed by atoms with van der Waals surface area (Å²) >= 11 is 0. The fourth-order valence-corrected chi connectivity index (χ4v) is 3.73. The van der Waals surface area contributed by atoms with Gasteiger partial charge in [-0.25, -0.2) is 14.6 Å². The molecule has 1 aliphatic rings. The lowest BCUT2D eigenvalue weighted by atomic mass is 10.1.